The van der Waals surface area contributed by atoms with Crippen LogP contribution in [-0.2, 0) is 0 Å². The van der Waals surface area contributed by atoms with Crippen molar-refractivity contribution in [1.29, 1.82) is 0 Å². The maximum Gasteiger partial charge on any atom is 0.101 e. The summed E-state index contributed by atoms with van der Waals surface area (Å²) in [7, 11) is 0. The van der Waals surface area contributed by atoms with Crippen LogP contribution >= 0.6 is 45.2 Å². The zero-order valence-electron chi connectivity index (χ0n) is 5.06. The van der Waals surface area contributed by atoms with Crippen molar-refractivity contribution in [2.75, 3.05) is 0 Å². The lowest BCUT2D eigenvalue weighted by Crippen LogP contribution is -1.62. The van der Waals surface area contributed by atoms with E-state index >= 15 is 0 Å². The molecule has 0 fully saturated rings. The lowest BCUT2D eigenvalue weighted by Gasteiger charge is -1.86. The summed E-state index contributed by atoms with van der Waals surface area (Å²) in [4.78, 5) is 3.73. The van der Waals surface area contributed by atoms with Crippen LogP contribution in [0, 0.1) is 0 Å². The Morgan fingerprint density at radius 1 is 1.56 bits per heavy atom. The smallest absolute Gasteiger partial charge is 0.101 e. The van der Waals surface area contributed by atoms with Crippen molar-refractivity contribution in [3.05, 3.63) is 19.4 Å². The van der Waals surface area contributed by atoms with Crippen molar-refractivity contribution in [3.63, 3.8) is 0 Å². The zero-order valence-corrected chi connectivity index (χ0v) is 9.38. The minimum absolute atomic E-state index is 0.926. The molecule has 3 heteroatoms. The summed E-state index contributed by atoms with van der Waals surface area (Å²) >= 11 is 4.37. The number of halogens is 2. The quantitative estimate of drug-likeness (QED) is 0.315. The Morgan fingerprint density at radius 3 is 2.44 bits per heavy atom. The van der Waals surface area contributed by atoms with Gasteiger partial charge in [-0.3, -0.25) is 4.99 Å². The Kier molecular flexibility index (Phi) is 5.77. The van der Waals surface area contributed by atoms with Gasteiger partial charge in [-0.15, -0.1) is 0 Å². The van der Waals surface area contributed by atoms with Gasteiger partial charge in [0.05, 0.1) is 0 Å². The first-order chi connectivity index (χ1) is 4.20. The maximum atomic E-state index is 3.73. The lowest BCUT2D eigenvalue weighted by atomic mass is 10.5. The Bertz CT molecular complexity index is 158. The number of allylic oxidation sites excluding steroid dienone is 3. The number of hydrogen-bond donors (Lipinski definition) is 0. The molecule has 0 amide bonds. The van der Waals surface area contributed by atoms with Crippen LogP contribution in [0.3, 0.4) is 0 Å². The molecule has 0 aromatic carbocycles. The number of nitrogens with zero attached hydrogens (tertiary/aromatic N) is 1. The Balaban J connectivity index is 4.11. The fourth-order valence-corrected chi connectivity index (χ4v) is 1.47. The molecule has 0 saturated carbocycles. The Labute approximate surface area is 82.6 Å². The predicted octanol–water partition coefficient (Wildman–Crippen LogP) is 3.30. The van der Waals surface area contributed by atoms with Gasteiger partial charge in [-0.2, -0.15) is 0 Å². The molecule has 0 saturated heterocycles. The number of hydrogen-bond acceptors (Lipinski definition) is 1. The summed E-state index contributed by atoms with van der Waals surface area (Å²) < 4.78 is 2.11. The summed E-state index contributed by atoms with van der Waals surface area (Å²) in [6.07, 6.45) is 3.98. The Hall–Kier alpha value is 0.610. The van der Waals surface area contributed by atoms with E-state index in [4.69, 9.17) is 0 Å². The van der Waals surface area contributed by atoms with Crippen LogP contribution in [0.2, 0.25) is 0 Å². The van der Waals surface area contributed by atoms with Gasteiger partial charge < -0.3 is 0 Å². The van der Waals surface area contributed by atoms with E-state index in [1.165, 1.54) is 3.58 Å². The highest BCUT2D eigenvalue weighted by Crippen LogP contribution is 2.14. The van der Waals surface area contributed by atoms with E-state index < -0.39 is 0 Å². The molecule has 0 unspecified atom stereocenters. The van der Waals surface area contributed by atoms with Crippen LogP contribution in [0.25, 0.3) is 0 Å². The van der Waals surface area contributed by atoms with E-state index in [9.17, 15) is 0 Å². The molecule has 0 aromatic heterocycles. The molecular formula is C6H7I2N. The van der Waals surface area contributed by atoms with Crippen LogP contribution in [0.1, 0.15) is 6.92 Å². The fraction of sp³-hybridized carbons (Fsp3) is 0.167. The molecule has 9 heavy (non-hydrogen) atoms. The Morgan fingerprint density at radius 2 is 2.11 bits per heavy atom. The molecule has 50 valence electrons. The minimum Gasteiger partial charge on any atom is -0.258 e. The molecule has 0 aliphatic heterocycles. The van der Waals surface area contributed by atoms with E-state index in [-0.39, 0.29) is 0 Å². The van der Waals surface area contributed by atoms with Crippen molar-refractivity contribution < 1.29 is 0 Å². The molecule has 0 heterocycles. The third-order valence-electron chi connectivity index (χ3n) is 0.684. The van der Waals surface area contributed by atoms with Crippen LogP contribution in [0.5, 0.6) is 0 Å². The van der Waals surface area contributed by atoms with Crippen molar-refractivity contribution in [2.24, 2.45) is 4.99 Å². The van der Waals surface area contributed by atoms with Gasteiger partial charge >= 0.3 is 0 Å². The third kappa shape index (κ3) is 5.07. The van der Waals surface area contributed by atoms with Gasteiger partial charge in [0, 0.05) is 3.58 Å². The zero-order chi connectivity index (χ0) is 7.28. The fourth-order valence-electron chi connectivity index (χ4n) is 0.243. The molecule has 0 N–H and O–H groups in total. The highest BCUT2D eigenvalue weighted by molar-refractivity contribution is 14.1. The topological polar surface area (TPSA) is 12.4 Å². The average molecular weight is 347 g/mol. The summed E-state index contributed by atoms with van der Waals surface area (Å²) in [5.74, 6) is 0. The highest BCUT2D eigenvalue weighted by Gasteiger charge is 1.84. The first kappa shape index (κ1) is 9.61. The summed E-state index contributed by atoms with van der Waals surface area (Å²) in [5, 5.41) is 0. The standard InChI is InChI=1S/C6H7I2N/c1-3-5(7)4-6(8)9-2/h3-4H,2H2,1H3/b5-3+,6-4-. The maximum absolute atomic E-state index is 3.73. The molecule has 0 aliphatic rings. The predicted molar refractivity (Wildman–Crippen MR) is 59.4 cm³/mol. The second kappa shape index (κ2) is 5.40. The van der Waals surface area contributed by atoms with Crippen LogP contribution in [0.4, 0.5) is 0 Å². The summed E-state index contributed by atoms with van der Waals surface area (Å²) in [6, 6.07) is 0. The second-order valence-electron chi connectivity index (χ2n) is 1.30. The van der Waals surface area contributed by atoms with E-state index in [1.54, 1.807) is 0 Å². The third-order valence-corrected chi connectivity index (χ3v) is 2.27. The van der Waals surface area contributed by atoms with Gasteiger partial charge in [0.1, 0.15) is 3.70 Å². The molecule has 1 nitrogen and oxygen atoms in total. The van der Waals surface area contributed by atoms with E-state index in [0.717, 1.165) is 3.70 Å². The van der Waals surface area contributed by atoms with Gasteiger partial charge in [-0.1, -0.05) is 6.08 Å². The average Bonchev–Trinajstić information content (AvgIpc) is 1.87. The molecule has 0 spiro atoms. The molecule has 0 bridgehead atoms. The van der Waals surface area contributed by atoms with Crippen LogP contribution in [0.15, 0.2) is 24.4 Å². The second-order valence-corrected chi connectivity index (χ2v) is 3.65. The summed E-state index contributed by atoms with van der Waals surface area (Å²) in [6.45, 7) is 5.38. The van der Waals surface area contributed by atoms with Gasteiger partial charge in [-0.25, -0.2) is 0 Å². The molecule has 0 atom stereocenters. The van der Waals surface area contributed by atoms with Gasteiger partial charge in [0.15, 0.2) is 0 Å². The van der Waals surface area contributed by atoms with Crippen molar-refractivity contribution in [3.8, 4) is 0 Å². The van der Waals surface area contributed by atoms with Crippen molar-refractivity contribution in [1.82, 2.24) is 0 Å². The van der Waals surface area contributed by atoms with E-state index in [2.05, 4.69) is 56.9 Å². The minimum atomic E-state index is 0.926. The molecule has 0 aliphatic carbocycles. The van der Waals surface area contributed by atoms with Crippen LogP contribution in [-0.4, -0.2) is 6.72 Å². The largest absolute Gasteiger partial charge is 0.258 e. The normalized spacial score (nSPS) is 13.7. The van der Waals surface area contributed by atoms with Gasteiger partial charge in [0.2, 0.25) is 0 Å². The highest BCUT2D eigenvalue weighted by atomic mass is 127. The van der Waals surface area contributed by atoms with Crippen LogP contribution < -0.4 is 0 Å². The number of rotatable bonds is 2. The van der Waals surface area contributed by atoms with Gasteiger partial charge in [-0.05, 0) is 64.9 Å². The first-order valence-corrected chi connectivity index (χ1v) is 4.52. The van der Waals surface area contributed by atoms with Gasteiger partial charge in [0.25, 0.3) is 0 Å². The molecule has 0 aromatic rings. The van der Waals surface area contributed by atoms with E-state index in [0.29, 0.717) is 0 Å². The first-order valence-electron chi connectivity index (χ1n) is 2.36. The van der Waals surface area contributed by atoms with E-state index in [1.807, 2.05) is 19.1 Å². The molecular weight excluding hydrogens is 340 g/mol. The monoisotopic (exact) mass is 347 g/mol. The molecule has 0 rings (SSSR count). The SMILES string of the molecule is C=N/C(I)=C\C(I)=C/C. The lowest BCUT2D eigenvalue weighted by molar-refractivity contribution is 1.58. The van der Waals surface area contributed by atoms with Crippen molar-refractivity contribution >= 4 is 51.9 Å². The summed E-state index contributed by atoms with van der Waals surface area (Å²) in [5.41, 5.74) is 0. The van der Waals surface area contributed by atoms with Crippen molar-refractivity contribution in [2.45, 2.75) is 6.92 Å². The molecule has 0 radical (unpaired) electrons. The number of aliphatic imine (C=N–C) groups is 1.